The van der Waals surface area contributed by atoms with Crippen LogP contribution in [-0.2, 0) is 0 Å². The molecule has 1 unspecified atom stereocenters. The molecule has 2 aromatic rings. The number of aromatic nitrogens is 1. The molecule has 0 amide bonds. The number of nitrogens with zero attached hydrogens (tertiary/aromatic N) is 1. The maximum Gasteiger partial charge on any atom is 0.199 e. The zero-order valence-electron chi connectivity index (χ0n) is 9.49. The van der Waals surface area contributed by atoms with Gasteiger partial charge in [-0.2, -0.15) is 0 Å². The lowest BCUT2D eigenvalue weighted by atomic mass is 10.00. The summed E-state index contributed by atoms with van der Waals surface area (Å²) in [5, 5.41) is 3.39. The summed E-state index contributed by atoms with van der Waals surface area (Å²) in [5.74, 6) is 1.34. The van der Waals surface area contributed by atoms with E-state index in [1.807, 2.05) is 12.1 Å². The first-order chi connectivity index (χ1) is 7.84. The van der Waals surface area contributed by atoms with E-state index >= 15 is 0 Å². The predicted molar refractivity (Wildman–Crippen MR) is 63.6 cm³/mol. The highest BCUT2D eigenvalue weighted by Gasteiger charge is 2.20. The second kappa shape index (κ2) is 3.91. The Morgan fingerprint density at radius 1 is 1.44 bits per heavy atom. The van der Waals surface area contributed by atoms with Crippen molar-refractivity contribution in [1.82, 2.24) is 10.3 Å². The molecule has 3 heteroatoms. The number of para-hydroxylation sites is 1. The highest BCUT2D eigenvalue weighted by atomic mass is 16.3. The van der Waals surface area contributed by atoms with Crippen molar-refractivity contribution in [2.45, 2.75) is 25.7 Å². The molecule has 1 aliphatic rings. The van der Waals surface area contributed by atoms with Crippen molar-refractivity contribution in [2.24, 2.45) is 0 Å². The van der Waals surface area contributed by atoms with Crippen molar-refractivity contribution < 1.29 is 4.42 Å². The Balaban J connectivity index is 2.01. The zero-order chi connectivity index (χ0) is 11.0. The number of hydrogen-bond donors (Lipinski definition) is 1. The maximum absolute atomic E-state index is 5.89. The molecule has 2 heterocycles. The molecule has 0 spiro atoms. The molecule has 0 saturated carbocycles. The molecule has 1 N–H and O–H groups in total. The van der Waals surface area contributed by atoms with Crippen LogP contribution >= 0.6 is 0 Å². The molecule has 1 atom stereocenters. The molecule has 0 bridgehead atoms. The lowest BCUT2D eigenvalue weighted by Crippen LogP contribution is -2.28. The first-order valence-corrected chi connectivity index (χ1v) is 5.91. The van der Waals surface area contributed by atoms with E-state index in [1.54, 1.807) is 0 Å². The number of fused-ring (bicyclic) bond motifs is 1. The van der Waals surface area contributed by atoms with E-state index in [2.05, 4.69) is 23.3 Å². The van der Waals surface area contributed by atoms with E-state index in [1.165, 1.54) is 18.4 Å². The molecule has 3 rings (SSSR count). The predicted octanol–water partition coefficient (Wildman–Crippen LogP) is 2.60. The highest BCUT2D eigenvalue weighted by Crippen LogP contribution is 2.27. The molecule has 3 nitrogen and oxygen atoms in total. The Hall–Kier alpha value is -1.35. The summed E-state index contributed by atoms with van der Waals surface area (Å²) in [4.78, 5) is 4.59. The van der Waals surface area contributed by atoms with E-state index in [0.717, 1.165) is 30.1 Å². The lowest BCUT2D eigenvalue weighted by Gasteiger charge is -2.19. The Kier molecular flexibility index (Phi) is 2.40. The van der Waals surface area contributed by atoms with Crippen LogP contribution in [-0.4, -0.2) is 18.1 Å². The minimum Gasteiger partial charge on any atom is -0.440 e. The molecule has 0 aliphatic carbocycles. The van der Waals surface area contributed by atoms with Crippen LogP contribution in [0, 0.1) is 6.92 Å². The average Bonchev–Trinajstić information content (AvgIpc) is 2.76. The first-order valence-electron chi connectivity index (χ1n) is 5.91. The average molecular weight is 216 g/mol. The minimum absolute atomic E-state index is 0.445. The van der Waals surface area contributed by atoms with Gasteiger partial charge < -0.3 is 9.73 Å². The van der Waals surface area contributed by atoms with Crippen molar-refractivity contribution in [1.29, 1.82) is 0 Å². The molecule has 1 aromatic carbocycles. The second-order valence-electron chi connectivity index (χ2n) is 4.52. The quantitative estimate of drug-likeness (QED) is 0.796. The van der Waals surface area contributed by atoms with Crippen LogP contribution in [0.25, 0.3) is 11.1 Å². The van der Waals surface area contributed by atoms with Crippen LogP contribution in [0.2, 0.25) is 0 Å². The SMILES string of the molecule is Cc1cccc2nc(C3CCCNC3)oc12. The van der Waals surface area contributed by atoms with Gasteiger partial charge in [0.15, 0.2) is 11.5 Å². The highest BCUT2D eigenvalue weighted by molar-refractivity contribution is 5.76. The fourth-order valence-electron chi connectivity index (χ4n) is 2.34. The third-order valence-electron chi connectivity index (χ3n) is 3.27. The molecular weight excluding hydrogens is 200 g/mol. The van der Waals surface area contributed by atoms with Gasteiger partial charge in [-0.3, -0.25) is 0 Å². The summed E-state index contributed by atoms with van der Waals surface area (Å²) in [6, 6.07) is 6.12. The molecular formula is C13H16N2O. The van der Waals surface area contributed by atoms with Crippen molar-refractivity contribution in [3.8, 4) is 0 Å². The molecule has 1 aromatic heterocycles. The first kappa shape index (κ1) is 9.85. The van der Waals surface area contributed by atoms with Crippen LogP contribution in [0.3, 0.4) is 0 Å². The van der Waals surface area contributed by atoms with Crippen LogP contribution in [0.15, 0.2) is 22.6 Å². The van der Waals surface area contributed by atoms with Crippen molar-refractivity contribution in [2.75, 3.05) is 13.1 Å². The van der Waals surface area contributed by atoms with Gasteiger partial charge in [-0.05, 0) is 37.9 Å². The van der Waals surface area contributed by atoms with Gasteiger partial charge in [0.05, 0.1) is 0 Å². The summed E-state index contributed by atoms with van der Waals surface area (Å²) >= 11 is 0. The number of nitrogens with one attached hydrogen (secondary N) is 1. The van der Waals surface area contributed by atoms with Crippen molar-refractivity contribution >= 4 is 11.1 Å². The van der Waals surface area contributed by atoms with E-state index in [4.69, 9.17) is 4.42 Å². The van der Waals surface area contributed by atoms with Crippen molar-refractivity contribution in [3.63, 3.8) is 0 Å². The minimum atomic E-state index is 0.445. The van der Waals surface area contributed by atoms with Crippen LogP contribution in [0.1, 0.15) is 30.2 Å². The largest absolute Gasteiger partial charge is 0.440 e. The van der Waals surface area contributed by atoms with Crippen LogP contribution in [0.4, 0.5) is 0 Å². The fraction of sp³-hybridized carbons (Fsp3) is 0.462. The van der Waals surface area contributed by atoms with Gasteiger partial charge in [-0.15, -0.1) is 0 Å². The van der Waals surface area contributed by atoms with E-state index in [9.17, 15) is 0 Å². The molecule has 0 radical (unpaired) electrons. The summed E-state index contributed by atoms with van der Waals surface area (Å²) < 4.78 is 5.89. The normalized spacial score (nSPS) is 21.4. The standard InChI is InChI=1S/C13H16N2O/c1-9-4-2-6-11-12(9)16-13(15-11)10-5-3-7-14-8-10/h2,4,6,10,14H,3,5,7-8H2,1H3. The Morgan fingerprint density at radius 2 is 2.38 bits per heavy atom. The van der Waals surface area contributed by atoms with Crippen LogP contribution < -0.4 is 5.32 Å². The third kappa shape index (κ3) is 1.61. The van der Waals surface area contributed by atoms with E-state index < -0.39 is 0 Å². The van der Waals surface area contributed by atoms with Gasteiger partial charge >= 0.3 is 0 Å². The zero-order valence-corrected chi connectivity index (χ0v) is 9.49. The monoisotopic (exact) mass is 216 g/mol. The number of hydrogen-bond acceptors (Lipinski definition) is 3. The van der Waals surface area contributed by atoms with Gasteiger partial charge in [-0.25, -0.2) is 4.98 Å². The van der Waals surface area contributed by atoms with Crippen LogP contribution in [0.5, 0.6) is 0 Å². The summed E-state index contributed by atoms with van der Waals surface area (Å²) in [5.41, 5.74) is 3.10. The van der Waals surface area contributed by atoms with E-state index in [0.29, 0.717) is 5.92 Å². The van der Waals surface area contributed by atoms with Gasteiger partial charge in [0, 0.05) is 12.5 Å². The molecule has 16 heavy (non-hydrogen) atoms. The number of piperidine rings is 1. The third-order valence-corrected chi connectivity index (χ3v) is 3.27. The summed E-state index contributed by atoms with van der Waals surface area (Å²) in [6.07, 6.45) is 2.39. The number of benzene rings is 1. The maximum atomic E-state index is 5.89. The van der Waals surface area contributed by atoms with Crippen molar-refractivity contribution in [3.05, 3.63) is 29.7 Å². The van der Waals surface area contributed by atoms with Gasteiger partial charge in [0.2, 0.25) is 0 Å². The Morgan fingerprint density at radius 3 is 3.12 bits per heavy atom. The summed E-state index contributed by atoms with van der Waals surface area (Å²) in [7, 11) is 0. The topological polar surface area (TPSA) is 38.1 Å². The molecule has 1 aliphatic heterocycles. The second-order valence-corrected chi connectivity index (χ2v) is 4.52. The smallest absolute Gasteiger partial charge is 0.199 e. The van der Waals surface area contributed by atoms with Gasteiger partial charge in [0.1, 0.15) is 5.52 Å². The lowest BCUT2D eigenvalue weighted by molar-refractivity contribution is 0.387. The Labute approximate surface area is 94.9 Å². The molecule has 84 valence electrons. The van der Waals surface area contributed by atoms with Gasteiger partial charge in [0.25, 0.3) is 0 Å². The molecule has 1 saturated heterocycles. The number of rotatable bonds is 1. The fourth-order valence-corrected chi connectivity index (χ4v) is 2.34. The van der Waals surface area contributed by atoms with E-state index in [-0.39, 0.29) is 0 Å². The number of oxazole rings is 1. The summed E-state index contributed by atoms with van der Waals surface area (Å²) in [6.45, 7) is 4.18. The number of aryl methyl sites for hydroxylation is 1. The molecule has 1 fully saturated rings. The van der Waals surface area contributed by atoms with Gasteiger partial charge in [-0.1, -0.05) is 12.1 Å². The Bertz CT molecular complexity index is 498.